The van der Waals surface area contributed by atoms with Crippen molar-refractivity contribution in [2.45, 2.75) is 25.1 Å². The lowest BCUT2D eigenvalue weighted by atomic mass is 10.1. The van der Waals surface area contributed by atoms with Crippen LogP contribution in [0.5, 0.6) is 0 Å². The summed E-state index contributed by atoms with van der Waals surface area (Å²) in [5.74, 6) is 0.903. The van der Waals surface area contributed by atoms with Crippen LogP contribution >= 0.6 is 11.6 Å². The zero-order valence-corrected chi connectivity index (χ0v) is 12.4. The van der Waals surface area contributed by atoms with E-state index in [0.717, 1.165) is 17.8 Å². The standard InChI is InChI=1S/C15H18ClN3O/c1-18(9-14-17-8-13(16)19(14)2)12-7-10-5-3-4-6-11(10)15(12)20/h3-6,8,12,15,20H,7,9H2,1-2H3. The van der Waals surface area contributed by atoms with Gasteiger partial charge in [-0.3, -0.25) is 4.90 Å². The highest BCUT2D eigenvalue weighted by molar-refractivity contribution is 6.29. The Balaban J connectivity index is 1.76. The van der Waals surface area contributed by atoms with E-state index >= 15 is 0 Å². The number of halogens is 1. The minimum atomic E-state index is -0.438. The average molecular weight is 292 g/mol. The molecule has 1 N–H and O–H groups in total. The van der Waals surface area contributed by atoms with Gasteiger partial charge in [-0.05, 0) is 24.6 Å². The first kappa shape index (κ1) is 13.6. The van der Waals surface area contributed by atoms with Crippen LogP contribution in [-0.2, 0) is 20.0 Å². The number of benzene rings is 1. The van der Waals surface area contributed by atoms with Gasteiger partial charge in [0.25, 0.3) is 0 Å². The van der Waals surface area contributed by atoms with Gasteiger partial charge in [0.1, 0.15) is 11.0 Å². The lowest BCUT2D eigenvalue weighted by Gasteiger charge is -2.26. The van der Waals surface area contributed by atoms with E-state index in [1.807, 2.05) is 36.9 Å². The molecule has 1 aromatic carbocycles. The molecule has 1 heterocycles. The van der Waals surface area contributed by atoms with Crippen LogP contribution in [0.2, 0.25) is 5.15 Å². The van der Waals surface area contributed by atoms with Crippen molar-refractivity contribution in [3.8, 4) is 0 Å². The van der Waals surface area contributed by atoms with Crippen LogP contribution in [0.1, 0.15) is 23.1 Å². The molecule has 1 aliphatic carbocycles. The minimum absolute atomic E-state index is 0.0860. The Morgan fingerprint density at radius 1 is 1.45 bits per heavy atom. The summed E-state index contributed by atoms with van der Waals surface area (Å²) >= 11 is 6.01. The molecule has 106 valence electrons. The molecule has 0 radical (unpaired) electrons. The van der Waals surface area contributed by atoms with Gasteiger partial charge in [-0.1, -0.05) is 35.9 Å². The van der Waals surface area contributed by atoms with E-state index in [1.165, 1.54) is 5.56 Å². The monoisotopic (exact) mass is 291 g/mol. The molecule has 1 aromatic heterocycles. The van der Waals surface area contributed by atoms with Crippen LogP contribution in [0.25, 0.3) is 0 Å². The van der Waals surface area contributed by atoms with Crippen LogP contribution in [0.3, 0.4) is 0 Å². The zero-order valence-electron chi connectivity index (χ0n) is 11.6. The van der Waals surface area contributed by atoms with Crippen LogP contribution < -0.4 is 0 Å². The van der Waals surface area contributed by atoms with Crippen molar-refractivity contribution in [3.63, 3.8) is 0 Å². The maximum Gasteiger partial charge on any atom is 0.128 e. The predicted molar refractivity (Wildman–Crippen MR) is 78.6 cm³/mol. The molecule has 0 amide bonds. The summed E-state index contributed by atoms with van der Waals surface area (Å²) in [4.78, 5) is 6.45. The topological polar surface area (TPSA) is 41.3 Å². The molecule has 0 bridgehead atoms. The van der Waals surface area contributed by atoms with E-state index in [-0.39, 0.29) is 6.04 Å². The van der Waals surface area contributed by atoms with Crippen molar-refractivity contribution in [2.24, 2.45) is 7.05 Å². The Labute approximate surface area is 123 Å². The molecular weight excluding hydrogens is 274 g/mol. The number of hydrogen-bond donors (Lipinski definition) is 1. The molecule has 0 spiro atoms. The third kappa shape index (κ3) is 2.24. The molecule has 2 atom stereocenters. The van der Waals surface area contributed by atoms with Gasteiger partial charge in [0.2, 0.25) is 0 Å². The molecule has 4 nitrogen and oxygen atoms in total. The molecule has 0 aliphatic heterocycles. The van der Waals surface area contributed by atoms with E-state index < -0.39 is 6.10 Å². The molecular formula is C15H18ClN3O. The van der Waals surface area contributed by atoms with Gasteiger partial charge < -0.3 is 9.67 Å². The van der Waals surface area contributed by atoms with Crippen LogP contribution in [-0.4, -0.2) is 32.6 Å². The maximum absolute atomic E-state index is 10.5. The highest BCUT2D eigenvalue weighted by Crippen LogP contribution is 2.34. The molecule has 5 heteroatoms. The number of aliphatic hydroxyl groups excluding tert-OH is 1. The zero-order chi connectivity index (χ0) is 14.3. The quantitative estimate of drug-likeness (QED) is 0.942. The molecule has 2 aromatic rings. The Morgan fingerprint density at radius 2 is 2.20 bits per heavy atom. The van der Waals surface area contributed by atoms with Crippen molar-refractivity contribution in [3.05, 3.63) is 52.6 Å². The summed E-state index contributed by atoms with van der Waals surface area (Å²) in [6.45, 7) is 0.666. The first-order valence-electron chi connectivity index (χ1n) is 6.70. The molecule has 2 unspecified atom stereocenters. The Bertz CT molecular complexity index is 625. The Kier molecular flexibility index (Phi) is 3.54. The maximum atomic E-state index is 10.5. The molecule has 0 saturated heterocycles. The third-order valence-electron chi connectivity index (χ3n) is 4.15. The van der Waals surface area contributed by atoms with E-state index in [1.54, 1.807) is 6.20 Å². The minimum Gasteiger partial charge on any atom is -0.387 e. The van der Waals surface area contributed by atoms with Crippen molar-refractivity contribution < 1.29 is 5.11 Å². The molecule has 0 fully saturated rings. The van der Waals surface area contributed by atoms with Crippen molar-refractivity contribution in [1.29, 1.82) is 0 Å². The fourth-order valence-electron chi connectivity index (χ4n) is 2.86. The fraction of sp³-hybridized carbons (Fsp3) is 0.400. The first-order valence-corrected chi connectivity index (χ1v) is 7.08. The second kappa shape index (κ2) is 5.20. The summed E-state index contributed by atoms with van der Waals surface area (Å²) in [5.41, 5.74) is 2.27. The van der Waals surface area contributed by atoms with Crippen LogP contribution in [0, 0.1) is 0 Å². The fourth-order valence-corrected chi connectivity index (χ4v) is 3.01. The van der Waals surface area contributed by atoms with E-state index in [2.05, 4.69) is 16.0 Å². The Hall–Kier alpha value is -1.36. The summed E-state index contributed by atoms with van der Waals surface area (Å²) in [5, 5.41) is 11.1. The van der Waals surface area contributed by atoms with Gasteiger partial charge in [0.15, 0.2) is 0 Å². The summed E-state index contributed by atoms with van der Waals surface area (Å²) < 4.78 is 1.87. The largest absolute Gasteiger partial charge is 0.387 e. The molecule has 3 rings (SSSR count). The van der Waals surface area contributed by atoms with Gasteiger partial charge in [0.05, 0.1) is 18.8 Å². The normalized spacial score (nSPS) is 21.4. The third-order valence-corrected chi connectivity index (χ3v) is 4.50. The van der Waals surface area contributed by atoms with E-state index in [9.17, 15) is 5.11 Å². The smallest absolute Gasteiger partial charge is 0.128 e. The molecule has 1 aliphatic rings. The highest BCUT2D eigenvalue weighted by Gasteiger charge is 2.33. The SMILES string of the molecule is CN(Cc1ncc(Cl)n1C)C1Cc2ccccc2C1O. The van der Waals surface area contributed by atoms with Gasteiger partial charge in [-0.25, -0.2) is 4.98 Å². The number of aromatic nitrogens is 2. The van der Waals surface area contributed by atoms with Crippen molar-refractivity contribution in [2.75, 3.05) is 7.05 Å². The lowest BCUT2D eigenvalue weighted by Crippen LogP contribution is -2.35. The lowest BCUT2D eigenvalue weighted by molar-refractivity contribution is 0.0703. The van der Waals surface area contributed by atoms with Gasteiger partial charge in [-0.15, -0.1) is 0 Å². The second-order valence-electron chi connectivity index (χ2n) is 5.39. The van der Waals surface area contributed by atoms with Gasteiger partial charge in [-0.2, -0.15) is 0 Å². The number of rotatable bonds is 3. The summed E-state index contributed by atoms with van der Waals surface area (Å²) in [6.07, 6.45) is 2.09. The van der Waals surface area contributed by atoms with Gasteiger partial charge in [0, 0.05) is 13.1 Å². The number of imidazole rings is 1. The number of fused-ring (bicyclic) bond motifs is 1. The first-order chi connectivity index (χ1) is 9.58. The van der Waals surface area contributed by atoms with Crippen molar-refractivity contribution >= 4 is 11.6 Å². The number of hydrogen-bond acceptors (Lipinski definition) is 3. The number of likely N-dealkylation sites (N-methyl/N-ethyl adjacent to an activating group) is 1. The number of aliphatic hydroxyl groups is 1. The molecule has 20 heavy (non-hydrogen) atoms. The molecule has 0 saturated carbocycles. The van der Waals surface area contributed by atoms with E-state index in [0.29, 0.717) is 11.7 Å². The average Bonchev–Trinajstić information content (AvgIpc) is 2.94. The second-order valence-corrected chi connectivity index (χ2v) is 5.77. The van der Waals surface area contributed by atoms with Crippen LogP contribution in [0.4, 0.5) is 0 Å². The van der Waals surface area contributed by atoms with Crippen LogP contribution in [0.15, 0.2) is 30.5 Å². The van der Waals surface area contributed by atoms with Crippen molar-refractivity contribution in [1.82, 2.24) is 14.5 Å². The predicted octanol–water partition coefficient (Wildman–Crippen LogP) is 2.16. The number of nitrogens with zero attached hydrogens (tertiary/aromatic N) is 3. The van der Waals surface area contributed by atoms with E-state index in [4.69, 9.17) is 11.6 Å². The summed E-state index contributed by atoms with van der Waals surface area (Å²) in [7, 11) is 3.92. The van der Waals surface area contributed by atoms with Gasteiger partial charge >= 0.3 is 0 Å². The summed E-state index contributed by atoms with van der Waals surface area (Å²) in [6, 6.07) is 8.17. The highest BCUT2D eigenvalue weighted by atomic mass is 35.5. The Morgan fingerprint density at radius 3 is 2.85 bits per heavy atom.